The molecule has 0 radical (unpaired) electrons. The molecule has 1 unspecified atom stereocenters. The largest absolute Gasteiger partial charge is 0.459 e. The summed E-state index contributed by atoms with van der Waals surface area (Å²) >= 11 is 0. The number of morpholine rings is 1. The maximum Gasteiger partial charge on any atom is 0.347 e. The van der Waals surface area contributed by atoms with Crippen LogP contribution >= 0.6 is 0 Å². The van der Waals surface area contributed by atoms with Crippen LogP contribution in [0.3, 0.4) is 0 Å². The molecular formula is C23H26NO4+. The van der Waals surface area contributed by atoms with Crippen LogP contribution in [0.1, 0.15) is 24.0 Å². The number of hydrogen-bond donors (Lipinski definition) is 1. The first kappa shape index (κ1) is 17.9. The first-order chi connectivity index (χ1) is 13.4. The monoisotopic (exact) mass is 380 g/mol. The highest BCUT2D eigenvalue weighted by molar-refractivity contribution is 5.85. The fraction of sp³-hybridized carbons (Fsp3) is 0.435. The van der Waals surface area contributed by atoms with Gasteiger partial charge in [0.2, 0.25) is 5.60 Å². The van der Waals surface area contributed by atoms with Crippen molar-refractivity contribution in [3.8, 4) is 0 Å². The number of esters is 1. The summed E-state index contributed by atoms with van der Waals surface area (Å²) in [5, 5.41) is 11.6. The number of epoxide rings is 1. The van der Waals surface area contributed by atoms with Crippen LogP contribution in [0.4, 0.5) is 0 Å². The van der Waals surface area contributed by atoms with E-state index in [1.807, 2.05) is 36.4 Å². The molecule has 0 spiro atoms. The molecule has 2 bridgehead atoms. The van der Waals surface area contributed by atoms with E-state index in [0.29, 0.717) is 35.4 Å². The molecule has 0 aliphatic carbocycles. The number of rotatable bonds is 4. The van der Waals surface area contributed by atoms with Crippen molar-refractivity contribution in [2.75, 3.05) is 14.1 Å². The molecule has 0 amide bonds. The van der Waals surface area contributed by atoms with E-state index in [9.17, 15) is 9.90 Å². The highest BCUT2D eigenvalue weighted by Crippen LogP contribution is 2.51. The van der Waals surface area contributed by atoms with E-state index in [0.717, 1.165) is 17.3 Å². The number of carbonyl (C=O) groups excluding carboxylic acids is 1. The van der Waals surface area contributed by atoms with Gasteiger partial charge in [0.05, 0.1) is 14.1 Å². The summed E-state index contributed by atoms with van der Waals surface area (Å²) in [6.45, 7) is 0. The standard InChI is InChI=1S/C23H26NO4/c1-24(2)18-13-17(14-19(24)21-20(18)28-21)27-22(25)23(26,15-9-5-3-6-10-15)16-11-7-4-8-12-16/h3-12,17-21,26H,13-14H2,1-2H3/q+1/t17?,18-,19+,20-,21+. The smallest absolute Gasteiger partial charge is 0.347 e. The van der Waals surface area contributed by atoms with Crippen molar-refractivity contribution >= 4 is 5.97 Å². The molecule has 146 valence electrons. The van der Waals surface area contributed by atoms with Crippen LogP contribution in [0, 0.1) is 0 Å². The third-order valence-electron chi connectivity index (χ3n) is 6.99. The zero-order valence-electron chi connectivity index (χ0n) is 16.2. The van der Waals surface area contributed by atoms with Crippen LogP contribution in [-0.4, -0.2) is 60.0 Å². The molecule has 5 heteroatoms. The lowest BCUT2D eigenvalue weighted by Gasteiger charge is -2.45. The van der Waals surface area contributed by atoms with Crippen LogP contribution < -0.4 is 0 Å². The lowest BCUT2D eigenvalue weighted by Crippen LogP contribution is -2.60. The highest BCUT2D eigenvalue weighted by Gasteiger charge is 2.70. The van der Waals surface area contributed by atoms with Gasteiger partial charge in [0.15, 0.2) is 0 Å². The average Bonchev–Trinajstić information content (AvgIpc) is 3.47. The number of fused-ring (bicyclic) bond motifs is 5. The normalized spacial score (nSPS) is 32.5. The fourth-order valence-electron chi connectivity index (χ4n) is 5.30. The second-order valence-electron chi connectivity index (χ2n) is 8.77. The van der Waals surface area contributed by atoms with E-state index in [1.54, 1.807) is 24.3 Å². The molecule has 5 atom stereocenters. The van der Waals surface area contributed by atoms with Crippen molar-refractivity contribution in [2.24, 2.45) is 0 Å². The van der Waals surface area contributed by atoms with Crippen molar-refractivity contribution in [3.63, 3.8) is 0 Å². The van der Waals surface area contributed by atoms with E-state index in [2.05, 4.69) is 14.1 Å². The Morgan fingerprint density at radius 1 is 0.964 bits per heavy atom. The van der Waals surface area contributed by atoms with E-state index in [1.165, 1.54) is 0 Å². The second-order valence-corrected chi connectivity index (χ2v) is 8.77. The zero-order valence-corrected chi connectivity index (χ0v) is 16.2. The average molecular weight is 380 g/mol. The second kappa shape index (κ2) is 6.14. The van der Waals surface area contributed by atoms with Crippen molar-refractivity contribution < 1.29 is 23.9 Å². The van der Waals surface area contributed by atoms with Crippen LogP contribution in [-0.2, 0) is 19.9 Å². The van der Waals surface area contributed by atoms with Gasteiger partial charge < -0.3 is 19.1 Å². The Balaban J connectivity index is 1.42. The Morgan fingerprint density at radius 3 is 1.89 bits per heavy atom. The summed E-state index contributed by atoms with van der Waals surface area (Å²) in [6.07, 6.45) is 1.95. The molecular weight excluding hydrogens is 354 g/mol. The first-order valence-corrected chi connectivity index (χ1v) is 9.95. The van der Waals surface area contributed by atoms with E-state index in [-0.39, 0.29) is 6.10 Å². The van der Waals surface area contributed by atoms with Crippen LogP contribution in [0.25, 0.3) is 0 Å². The van der Waals surface area contributed by atoms with E-state index < -0.39 is 11.6 Å². The Labute approximate surface area is 165 Å². The Hall–Kier alpha value is -2.21. The van der Waals surface area contributed by atoms with Gasteiger partial charge in [-0.15, -0.1) is 0 Å². The number of hydrogen-bond acceptors (Lipinski definition) is 4. The molecule has 5 rings (SSSR count). The Kier molecular flexibility index (Phi) is 3.92. The number of benzene rings is 2. The summed E-state index contributed by atoms with van der Waals surface area (Å²) < 4.78 is 12.7. The Bertz CT molecular complexity index is 822. The lowest BCUT2D eigenvalue weighted by atomic mass is 9.86. The van der Waals surface area contributed by atoms with Gasteiger partial charge in [-0.05, 0) is 11.1 Å². The lowest BCUT2D eigenvalue weighted by molar-refractivity contribution is -0.938. The highest BCUT2D eigenvalue weighted by atomic mass is 16.6. The molecule has 28 heavy (non-hydrogen) atoms. The summed E-state index contributed by atoms with van der Waals surface area (Å²) in [5.74, 6) is -0.601. The van der Waals surface area contributed by atoms with E-state index in [4.69, 9.17) is 9.47 Å². The van der Waals surface area contributed by atoms with Crippen molar-refractivity contribution in [1.29, 1.82) is 0 Å². The maximum absolute atomic E-state index is 13.3. The molecule has 3 saturated heterocycles. The van der Waals surface area contributed by atoms with Crippen LogP contribution in [0.5, 0.6) is 0 Å². The fourth-order valence-corrected chi connectivity index (χ4v) is 5.30. The van der Waals surface area contributed by atoms with Gasteiger partial charge in [0, 0.05) is 12.8 Å². The summed E-state index contributed by atoms with van der Waals surface area (Å²) in [5.41, 5.74) is -0.775. The predicted molar refractivity (Wildman–Crippen MR) is 103 cm³/mol. The molecule has 0 aromatic heterocycles. The first-order valence-electron chi connectivity index (χ1n) is 9.95. The van der Waals surface area contributed by atoms with Gasteiger partial charge in [0.25, 0.3) is 0 Å². The molecule has 1 N–H and O–H groups in total. The summed E-state index contributed by atoms with van der Waals surface area (Å²) in [6, 6.07) is 18.8. The van der Waals surface area contributed by atoms with Gasteiger partial charge in [-0.1, -0.05) is 60.7 Å². The van der Waals surface area contributed by atoms with Gasteiger partial charge in [-0.25, -0.2) is 4.79 Å². The number of aliphatic hydroxyl groups is 1. The number of likely N-dealkylation sites (N-methyl/N-ethyl adjacent to an activating group) is 1. The minimum atomic E-state index is -1.82. The minimum Gasteiger partial charge on any atom is -0.459 e. The van der Waals surface area contributed by atoms with Crippen molar-refractivity contribution in [1.82, 2.24) is 0 Å². The number of quaternary nitrogens is 1. The van der Waals surface area contributed by atoms with Gasteiger partial charge in [-0.2, -0.15) is 0 Å². The molecule has 5 nitrogen and oxygen atoms in total. The van der Waals surface area contributed by atoms with Crippen LogP contribution in [0.15, 0.2) is 60.7 Å². The molecule has 2 aromatic carbocycles. The van der Waals surface area contributed by atoms with Gasteiger partial charge in [-0.3, -0.25) is 0 Å². The maximum atomic E-state index is 13.3. The molecule has 3 fully saturated rings. The number of carbonyl (C=O) groups is 1. The zero-order chi connectivity index (χ0) is 19.5. The third-order valence-corrected chi connectivity index (χ3v) is 6.99. The molecule has 0 saturated carbocycles. The van der Waals surface area contributed by atoms with E-state index >= 15 is 0 Å². The Morgan fingerprint density at radius 2 is 1.43 bits per heavy atom. The number of nitrogens with zero attached hydrogens (tertiary/aromatic N) is 1. The summed E-state index contributed by atoms with van der Waals surface area (Å²) in [4.78, 5) is 13.3. The van der Waals surface area contributed by atoms with Crippen molar-refractivity contribution in [3.05, 3.63) is 71.8 Å². The third kappa shape index (κ3) is 2.54. The summed E-state index contributed by atoms with van der Waals surface area (Å²) in [7, 11) is 4.49. The topological polar surface area (TPSA) is 59.1 Å². The van der Waals surface area contributed by atoms with Gasteiger partial charge >= 0.3 is 5.97 Å². The SMILES string of the molecule is C[N+]1(C)[C@@H]2CC(OC(=O)C(O)(c3ccccc3)c3ccccc3)C[C@H]1[C@@H]1O[C@@H]12. The molecule has 3 heterocycles. The molecule has 3 aliphatic heterocycles. The predicted octanol–water partition coefficient (Wildman–Crippen LogP) is 2.22. The number of ether oxygens (including phenoxy) is 2. The minimum absolute atomic E-state index is 0.191. The van der Waals surface area contributed by atoms with Crippen LogP contribution in [0.2, 0.25) is 0 Å². The number of piperidine rings is 1. The molecule has 3 aliphatic rings. The van der Waals surface area contributed by atoms with Crippen molar-refractivity contribution in [2.45, 2.75) is 48.8 Å². The quantitative estimate of drug-likeness (QED) is 0.502. The molecule has 2 aromatic rings. The van der Waals surface area contributed by atoms with Gasteiger partial charge in [0.1, 0.15) is 30.4 Å².